The van der Waals surface area contributed by atoms with E-state index in [4.69, 9.17) is 5.11 Å². The summed E-state index contributed by atoms with van der Waals surface area (Å²) in [5.74, 6) is 0. The quantitative estimate of drug-likeness (QED) is 0.354. The number of aliphatic hydroxyl groups excluding tert-OH is 1. The van der Waals surface area contributed by atoms with Gasteiger partial charge in [-0.25, -0.2) is 0 Å². The second-order valence-corrected chi connectivity index (χ2v) is 0.773. The summed E-state index contributed by atoms with van der Waals surface area (Å²) in [6.45, 7) is -1.73. The molecule has 38 valence electrons. The Labute approximate surface area is 60.8 Å². The van der Waals surface area contributed by atoms with Crippen LogP contribution in [0.2, 0.25) is 0 Å². The Morgan fingerprint density at radius 2 is 1.43 bits per heavy atom. The maximum absolute atomic E-state index is 10.5. The molecule has 0 bridgehead atoms. The fraction of sp³-hybridized carbons (Fsp3) is 1.00. The van der Waals surface area contributed by atoms with Crippen molar-refractivity contribution in [2.45, 2.75) is 6.18 Å². The van der Waals surface area contributed by atoms with Crippen LogP contribution in [0, 0.1) is 0 Å². The zero-order valence-electron chi connectivity index (χ0n) is 3.79. The summed E-state index contributed by atoms with van der Waals surface area (Å²) in [5, 5.41) is 7.28. The number of rotatable bonds is 0. The minimum absolute atomic E-state index is 0. The summed E-state index contributed by atoms with van der Waals surface area (Å²) in [5.41, 5.74) is 0. The Hall–Kier alpha value is 0.750. The maximum Gasteiger partial charge on any atom is 1.00 e. The monoisotopic (exact) mass is 123 g/mol. The summed E-state index contributed by atoms with van der Waals surface area (Å²) >= 11 is 0. The molecule has 7 heavy (non-hydrogen) atoms. The molecule has 0 aliphatic carbocycles. The molecular weight excluding hydrogens is 120 g/mol. The van der Waals surface area contributed by atoms with Crippen LogP contribution in [0.5, 0.6) is 0 Å². The maximum atomic E-state index is 10.5. The first-order valence-electron chi connectivity index (χ1n) is 1.24. The molecular formula is C2H3F3NaO+. The largest absolute Gasteiger partial charge is 1.00 e. The van der Waals surface area contributed by atoms with Gasteiger partial charge >= 0.3 is 35.7 Å². The van der Waals surface area contributed by atoms with Gasteiger partial charge in [0.1, 0.15) is 6.61 Å². The molecule has 0 saturated heterocycles. The number of hydrogen-bond acceptors (Lipinski definition) is 1. The van der Waals surface area contributed by atoms with Crippen molar-refractivity contribution < 1.29 is 47.8 Å². The van der Waals surface area contributed by atoms with E-state index in [0.29, 0.717) is 0 Å². The predicted molar refractivity (Wildman–Crippen MR) is 13.1 cm³/mol. The van der Waals surface area contributed by atoms with Gasteiger partial charge in [-0.15, -0.1) is 0 Å². The molecule has 0 heterocycles. The first-order valence-corrected chi connectivity index (χ1v) is 1.24. The molecule has 0 amide bonds. The van der Waals surface area contributed by atoms with E-state index in [-0.39, 0.29) is 29.6 Å². The number of alkyl halides is 3. The van der Waals surface area contributed by atoms with Gasteiger partial charge in [0.2, 0.25) is 0 Å². The van der Waals surface area contributed by atoms with E-state index in [2.05, 4.69) is 0 Å². The molecule has 0 atom stereocenters. The zero-order valence-corrected chi connectivity index (χ0v) is 5.79. The van der Waals surface area contributed by atoms with Crippen molar-refractivity contribution in [3.63, 3.8) is 0 Å². The van der Waals surface area contributed by atoms with Crippen molar-refractivity contribution in [1.82, 2.24) is 0 Å². The molecule has 5 heteroatoms. The molecule has 1 N–H and O–H groups in total. The Morgan fingerprint density at radius 3 is 1.43 bits per heavy atom. The Balaban J connectivity index is 0. The third kappa shape index (κ3) is 10.8. The van der Waals surface area contributed by atoms with Crippen molar-refractivity contribution >= 4 is 0 Å². The van der Waals surface area contributed by atoms with E-state index < -0.39 is 12.8 Å². The normalized spacial score (nSPS) is 10.3. The Kier molecular flexibility index (Phi) is 5.67. The average molecular weight is 123 g/mol. The van der Waals surface area contributed by atoms with Crippen molar-refractivity contribution in [3.8, 4) is 0 Å². The minimum Gasteiger partial charge on any atom is -0.387 e. The van der Waals surface area contributed by atoms with Gasteiger partial charge in [-0.1, -0.05) is 0 Å². The van der Waals surface area contributed by atoms with Crippen LogP contribution < -0.4 is 29.6 Å². The van der Waals surface area contributed by atoms with Gasteiger partial charge in [-0.2, -0.15) is 13.2 Å². The van der Waals surface area contributed by atoms with Crippen LogP contribution in [0.25, 0.3) is 0 Å². The molecule has 0 fully saturated rings. The standard InChI is InChI=1S/C2H3F3O.Na/c3-2(4,5)1-6;/h6H,1H2;/q;+1. The van der Waals surface area contributed by atoms with Crippen LogP contribution in [0.1, 0.15) is 0 Å². The minimum atomic E-state index is -4.40. The Morgan fingerprint density at radius 1 is 1.29 bits per heavy atom. The average Bonchev–Trinajstić information content (AvgIpc) is 1.35. The van der Waals surface area contributed by atoms with Gasteiger partial charge in [0.15, 0.2) is 0 Å². The molecule has 0 spiro atoms. The van der Waals surface area contributed by atoms with Gasteiger partial charge in [0, 0.05) is 0 Å². The number of aliphatic hydroxyl groups is 1. The van der Waals surface area contributed by atoms with E-state index in [1.54, 1.807) is 0 Å². The van der Waals surface area contributed by atoms with Gasteiger partial charge in [-0.3, -0.25) is 0 Å². The molecule has 0 saturated carbocycles. The van der Waals surface area contributed by atoms with E-state index in [1.165, 1.54) is 0 Å². The van der Waals surface area contributed by atoms with Crippen molar-refractivity contribution in [3.05, 3.63) is 0 Å². The van der Waals surface area contributed by atoms with Gasteiger partial charge in [-0.05, 0) is 0 Å². The molecule has 1 nitrogen and oxygen atoms in total. The topological polar surface area (TPSA) is 20.2 Å². The fourth-order valence-electron chi connectivity index (χ4n) is 0. The predicted octanol–water partition coefficient (Wildman–Crippen LogP) is -2.46. The molecule has 0 unspecified atom stereocenters. The van der Waals surface area contributed by atoms with Crippen LogP contribution in [-0.2, 0) is 0 Å². The second kappa shape index (κ2) is 3.72. The fourth-order valence-corrected chi connectivity index (χ4v) is 0. The first kappa shape index (κ1) is 10.7. The van der Waals surface area contributed by atoms with Crippen molar-refractivity contribution in [1.29, 1.82) is 0 Å². The zero-order chi connectivity index (χ0) is 5.21. The SMILES string of the molecule is OCC(F)(F)F.[Na+]. The van der Waals surface area contributed by atoms with Gasteiger partial charge < -0.3 is 5.11 Å². The van der Waals surface area contributed by atoms with E-state index in [1.807, 2.05) is 0 Å². The third-order valence-electron chi connectivity index (χ3n) is 0.179. The molecule has 0 aromatic carbocycles. The van der Waals surface area contributed by atoms with Gasteiger partial charge in [0.25, 0.3) is 0 Å². The Bertz CT molecular complexity index is 42.7. The summed E-state index contributed by atoms with van der Waals surface area (Å²) < 4.78 is 31.6. The molecule has 0 aliphatic heterocycles. The smallest absolute Gasteiger partial charge is 0.387 e. The van der Waals surface area contributed by atoms with Crippen LogP contribution in [0.4, 0.5) is 13.2 Å². The van der Waals surface area contributed by atoms with Crippen LogP contribution >= 0.6 is 0 Å². The molecule has 0 aromatic heterocycles. The molecule has 0 aromatic rings. The summed E-state index contributed by atoms with van der Waals surface area (Å²) in [6, 6.07) is 0. The molecule has 0 aliphatic rings. The number of halogens is 3. The first-order chi connectivity index (χ1) is 2.56. The number of hydrogen-bond donors (Lipinski definition) is 1. The molecule has 0 radical (unpaired) electrons. The van der Waals surface area contributed by atoms with Crippen molar-refractivity contribution in [2.75, 3.05) is 6.61 Å². The molecule has 0 rings (SSSR count). The third-order valence-corrected chi connectivity index (χ3v) is 0.179. The second-order valence-electron chi connectivity index (χ2n) is 0.773. The summed E-state index contributed by atoms with van der Waals surface area (Å²) in [7, 11) is 0. The van der Waals surface area contributed by atoms with Crippen molar-refractivity contribution in [2.24, 2.45) is 0 Å². The van der Waals surface area contributed by atoms with E-state index in [0.717, 1.165) is 0 Å². The van der Waals surface area contributed by atoms with Crippen LogP contribution in [0.15, 0.2) is 0 Å². The van der Waals surface area contributed by atoms with E-state index in [9.17, 15) is 13.2 Å². The van der Waals surface area contributed by atoms with Gasteiger partial charge in [0.05, 0.1) is 0 Å². The summed E-state index contributed by atoms with van der Waals surface area (Å²) in [4.78, 5) is 0. The van der Waals surface area contributed by atoms with Crippen LogP contribution in [-0.4, -0.2) is 17.9 Å². The van der Waals surface area contributed by atoms with Crippen LogP contribution in [0.3, 0.4) is 0 Å². The summed E-state index contributed by atoms with van der Waals surface area (Å²) in [6.07, 6.45) is -4.40. The van der Waals surface area contributed by atoms with E-state index >= 15 is 0 Å².